The lowest BCUT2D eigenvalue weighted by molar-refractivity contribution is -0.141. The zero-order valence-corrected chi connectivity index (χ0v) is 22.4. The van der Waals surface area contributed by atoms with Crippen LogP contribution < -0.4 is 20.4 Å². The van der Waals surface area contributed by atoms with E-state index in [2.05, 4.69) is 15.4 Å². The second kappa shape index (κ2) is 11.6. The van der Waals surface area contributed by atoms with Gasteiger partial charge >= 0.3 is 12.0 Å². The summed E-state index contributed by atoms with van der Waals surface area (Å²) in [5, 5.41) is 5.92. The van der Waals surface area contributed by atoms with Crippen molar-refractivity contribution in [1.82, 2.24) is 5.32 Å². The molecule has 0 aliphatic carbocycles. The van der Waals surface area contributed by atoms with Crippen LogP contribution >= 0.6 is 11.6 Å². The van der Waals surface area contributed by atoms with E-state index < -0.39 is 24.1 Å². The third-order valence-electron chi connectivity index (χ3n) is 6.62. The van der Waals surface area contributed by atoms with Gasteiger partial charge in [0.05, 0.1) is 30.6 Å². The molecule has 2 aliphatic rings. The maximum absolute atomic E-state index is 13.9. The molecule has 0 bridgehead atoms. The molecule has 0 saturated heterocycles. The predicted octanol–water partition coefficient (Wildman–Crippen LogP) is 3.97. The molecule has 0 aromatic heterocycles. The Kier molecular flexibility index (Phi) is 7.79. The lowest BCUT2D eigenvalue weighted by Gasteiger charge is -2.37. The highest BCUT2D eigenvalue weighted by atomic mass is 35.5. The molecule has 2 aliphatic heterocycles. The van der Waals surface area contributed by atoms with Gasteiger partial charge in [0, 0.05) is 41.3 Å². The summed E-state index contributed by atoms with van der Waals surface area (Å²) in [7, 11) is 1.28. The number of methoxy groups -OCH3 is 1. The lowest BCUT2D eigenvalue weighted by atomic mass is 9.97. The normalized spacial score (nSPS) is 15.9. The first-order chi connectivity index (χ1) is 19.4. The minimum atomic E-state index is -1.23. The van der Waals surface area contributed by atoms with Crippen LogP contribution in [-0.4, -0.2) is 55.9 Å². The van der Waals surface area contributed by atoms with Gasteiger partial charge in [-0.3, -0.25) is 14.4 Å². The first-order valence-corrected chi connectivity index (χ1v) is 13.0. The van der Waals surface area contributed by atoms with Gasteiger partial charge in [0.2, 0.25) is 12.1 Å². The topological polar surface area (TPSA) is 120 Å². The minimum absolute atomic E-state index is 0.0288. The Balaban J connectivity index is 1.51. The molecule has 3 aromatic rings. The number of amides is 4. The van der Waals surface area contributed by atoms with Gasteiger partial charge in [-0.1, -0.05) is 54.1 Å². The summed E-state index contributed by atoms with van der Waals surface area (Å²) in [6, 6.07) is 20.7. The Labute approximate surface area is 235 Å². The van der Waals surface area contributed by atoms with Crippen molar-refractivity contribution in [2.24, 2.45) is 4.99 Å². The van der Waals surface area contributed by atoms with Crippen molar-refractivity contribution in [3.05, 3.63) is 88.9 Å². The molecule has 1 atom stereocenters. The zero-order chi connectivity index (χ0) is 28.2. The maximum Gasteiger partial charge on any atom is 0.321 e. The van der Waals surface area contributed by atoms with Gasteiger partial charge in [-0.2, -0.15) is 0 Å². The van der Waals surface area contributed by atoms with E-state index in [0.717, 1.165) is 5.56 Å². The molecule has 11 heteroatoms. The molecule has 40 heavy (non-hydrogen) atoms. The molecular formula is C29H26ClN5O5. The fourth-order valence-corrected chi connectivity index (χ4v) is 4.85. The van der Waals surface area contributed by atoms with Crippen molar-refractivity contribution < 1.29 is 23.9 Å². The number of urea groups is 1. The summed E-state index contributed by atoms with van der Waals surface area (Å²) in [6.45, 7) is 0.397. The minimum Gasteiger partial charge on any atom is -0.469 e. The molecule has 0 saturated carbocycles. The van der Waals surface area contributed by atoms with Crippen LogP contribution in [0.15, 0.2) is 77.8 Å². The SMILES string of the molecule is COC(=O)CCC(=O)N1CCN2C(=O)C(NC(=O)Nc3ccc(Cl)cc3)N=C(c3ccccc3)c3cccc1c32. The molecule has 1 unspecified atom stereocenters. The smallest absolute Gasteiger partial charge is 0.321 e. The van der Waals surface area contributed by atoms with Crippen molar-refractivity contribution in [2.45, 2.75) is 19.0 Å². The monoisotopic (exact) mass is 559 g/mol. The third kappa shape index (κ3) is 5.52. The number of benzene rings is 3. The molecule has 3 aromatic carbocycles. The number of nitrogens with zero attached hydrogens (tertiary/aromatic N) is 3. The van der Waals surface area contributed by atoms with Crippen molar-refractivity contribution >= 4 is 58.2 Å². The van der Waals surface area contributed by atoms with Crippen molar-refractivity contribution in [1.29, 1.82) is 0 Å². The molecule has 2 heterocycles. The van der Waals surface area contributed by atoms with Crippen molar-refractivity contribution in [2.75, 3.05) is 35.3 Å². The standard InChI is InChI=1S/C29H26ClN5O5/c1-40-24(37)15-14-23(36)34-16-17-35-26-21(8-5-9-22(26)34)25(18-6-3-2-4-7-18)32-27(28(35)38)33-29(39)31-20-12-10-19(30)11-13-20/h2-13,27H,14-17H2,1H3,(H2,31,33,39). The largest absolute Gasteiger partial charge is 0.469 e. The lowest BCUT2D eigenvalue weighted by Crippen LogP contribution is -2.53. The fraction of sp³-hybridized carbons (Fsp3) is 0.207. The van der Waals surface area contributed by atoms with Crippen LogP contribution in [-0.2, 0) is 19.1 Å². The molecule has 5 rings (SSSR count). The highest BCUT2D eigenvalue weighted by Gasteiger charge is 2.39. The molecule has 0 radical (unpaired) electrons. The average molecular weight is 560 g/mol. The molecule has 2 N–H and O–H groups in total. The van der Waals surface area contributed by atoms with Gasteiger partial charge < -0.3 is 25.2 Å². The summed E-state index contributed by atoms with van der Waals surface area (Å²) in [6.07, 6.45) is -1.31. The van der Waals surface area contributed by atoms with Crippen LogP contribution in [0.4, 0.5) is 21.9 Å². The Morgan fingerprint density at radius 3 is 2.45 bits per heavy atom. The number of rotatable bonds is 6. The number of para-hydroxylation sites is 1. The Bertz CT molecular complexity index is 1490. The van der Waals surface area contributed by atoms with E-state index in [1.54, 1.807) is 46.2 Å². The van der Waals surface area contributed by atoms with E-state index in [0.29, 0.717) is 33.4 Å². The number of aliphatic imine (C=N–C) groups is 1. The first kappa shape index (κ1) is 26.9. The Morgan fingerprint density at radius 1 is 0.975 bits per heavy atom. The van der Waals surface area contributed by atoms with Crippen LogP contribution in [0, 0.1) is 0 Å². The maximum atomic E-state index is 13.9. The quantitative estimate of drug-likeness (QED) is 0.443. The van der Waals surface area contributed by atoms with E-state index in [4.69, 9.17) is 16.6 Å². The van der Waals surface area contributed by atoms with Crippen LogP contribution in [0.25, 0.3) is 0 Å². The van der Waals surface area contributed by atoms with Crippen molar-refractivity contribution in [3.8, 4) is 0 Å². The Morgan fingerprint density at radius 2 is 1.73 bits per heavy atom. The molecule has 0 spiro atoms. The number of nitrogens with one attached hydrogen (secondary N) is 2. The van der Waals surface area contributed by atoms with Crippen LogP contribution in [0.5, 0.6) is 0 Å². The number of hydrogen-bond donors (Lipinski definition) is 2. The second-order valence-electron chi connectivity index (χ2n) is 9.14. The number of esters is 1. The van der Waals surface area contributed by atoms with Gasteiger partial charge in [-0.15, -0.1) is 0 Å². The number of carbonyl (C=O) groups is 4. The molecular weight excluding hydrogens is 534 g/mol. The Hall–Kier alpha value is -4.70. The number of ether oxygens (including phenoxy) is 1. The molecule has 204 valence electrons. The fourth-order valence-electron chi connectivity index (χ4n) is 4.73. The summed E-state index contributed by atoms with van der Waals surface area (Å²) in [4.78, 5) is 59.4. The van der Waals surface area contributed by atoms with Crippen LogP contribution in [0.3, 0.4) is 0 Å². The summed E-state index contributed by atoms with van der Waals surface area (Å²) in [5.74, 6) is -1.17. The summed E-state index contributed by atoms with van der Waals surface area (Å²) < 4.78 is 4.68. The van der Waals surface area contributed by atoms with Gasteiger partial charge in [0.1, 0.15) is 0 Å². The van der Waals surface area contributed by atoms with Gasteiger partial charge in [0.25, 0.3) is 5.91 Å². The molecule has 10 nitrogen and oxygen atoms in total. The predicted molar refractivity (Wildman–Crippen MR) is 152 cm³/mol. The second-order valence-corrected chi connectivity index (χ2v) is 9.57. The number of halogens is 1. The zero-order valence-electron chi connectivity index (χ0n) is 21.6. The van der Waals surface area contributed by atoms with Crippen LogP contribution in [0.1, 0.15) is 24.0 Å². The highest BCUT2D eigenvalue weighted by molar-refractivity contribution is 6.30. The van der Waals surface area contributed by atoms with E-state index >= 15 is 0 Å². The van der Waals surface area contributed by atoms with Crippen LogP contribution in [0.2, 0.25) is 5.02 Å². The first-order valence-electron chi connectivity index (χ1n) is 12.6. The van der Waals surface area contributed by atoms with Gasteiger partial charge in [0.15, 0.2) is 0 Å². The van der Waals surface area contributed by atoms with E-state index in [1.807, 2.05) is 36.4 Å². The third-order valence-corrected chi connectivity index (χ3v) is 6.88. The summed E-state index contributed by atoms with van der Waals surface area (Å²) in [5.41, 5.74) is 3.43. The molecule has 4 amide bonds. The van der Waals surface area contributed by atoms with E-state index in [9.17, 15) is 19.2 Å². The number of hydrogen-bond acceptors (Lipinski definition) is 6. The number of anilines is 3. The van der Waals surface area contributed by atoms with E-state index in [1.165, 1.54) is 7.11 Å². The highest BCUT2D eigenvalue weighted by Crippen LogP contribution is 2.40. The van der Waals surface area contributed by atoms with Gasteiger partial charge in [-0.25, -0.2) is 9.79 Å². The van der Waals surface area contributed by atoms with E-state index in [-0.39, 0.29) is 31.8 Å². The van der Waals surface area contributed by atoms with Crippen molar-refractivity contribution in [3.63, 3.8) is 0 Å². The van der Waals surface area contributed by atoms with Gasteiger partial charge in [-0.05, 0) is 30.3 Å². The summed E-state index contributed by atoms with van der Waals surface area (Å²) >= 11 is 5.94. The average Bonchev–Trinajstić information content (AvgIpc) is 3.09. The molecule has 0 fully saturated rings. The number of carbonyl (C=O) groups excluding carboxylic acids is 4.